The Morgan fingerprint density at radius 3 is 2.82 bits per heavy atom. The number of hydrogen-bond acceptors (Lipinski definition) is 4. The van der Waals surface area contributed by atoms with Gasteiger partial charge < -0.3 is 10.6 Å². The van der Waals surface area contributed by atoms with Crippen molar-refractivity contribution in [3.8, 4) is 0 Å². The Kier molecular flexibility index (Phi) is 5.31. The zero-order valence-electron chi connectivity index (χ0n) is 12.1. The molecule has 0 aliphatic carbocycles. The van der Waals surface area contributed by atoms with Gasteiger partial charge in [-0.05, 0) is 37.6 Å². The van der Waals surface area contributed by atoms with Gasteiger partial charge in [-0.15, -0.1) is 12.4 Å². The van der Waals surface area contributed by atoms with Crippen molar-refractivity contribution < 1.29 is 13.2 Å². The highest BCUT2D eigenvalue weighted by Gasteiger charge is 2.28. The molecule has 6 nitrogen and oxygen atoms in total. The Labute approximate surface area is 136 Å². The molecule has 2 aliphatic rings. The number of anilines is 2. The van der Waals surface area contributed by atoms with E-state index < -0.39 is 10.0 Å². The molecular weight excluding hydrogens is 326 g/mol. The number of carbonyl (C=O) groups is 1. The van der Waals surface area contributed by atoms with E-state index in [1.165, 1.54) is 4.31 Å². The molecule has 1 aromatic carbocycles. The number of rotatable bonds is 3. The number of carbonyl (C=O) groups excluding carboxylic acids is 1. The summed E-state index contributed by atoms with van der Waals surface area (Å²) in [4.78, 5) is 12.1. The average molecular weight is 346 g/mol. The lowest BCUT2D eigenvalue weighted by Crippen LogP contribution is -2.26. The SMILES string of the molecule is Cl.O=C(Nc1cccc(N2CCCS2(=O)=O)c1)C1CCNC1. The molecule has 2 saturated heterocycles. The van der Waals surface area contributed by atoms with Crippen LogP contribution in [0.25, 0.3) is 0 Å². The van der Waals surface area contributed by atoms with Crippen LogP contribution >= 0.6 is 12.4 Å². The zero-order valence-corrected chi connectivity index (χ0v) is 13.8. The summed E-state index contributed by atoms with van der Waals surface area (Å²) in [5, 5.41) is 6.03. The molecule has 3 rings (SSSR count). The molecule has 122 valence electrons. The third-order valence-electron chi connectivity index (χ3n) is 3.93. The second-order valence-electron chi connectivity index (χ2n) is 5.47. The van der Waals surface area contributed by atoms with Gasteiger partial charge in [0.05, 0.1) is 17.4 Å². The third-order valence-corrected chi connectivity index (χ3v) is 5.80. The first-order valence-electron chi connectivity index (χ1n) is 7.18. The topological polar surface area (TPSA) is 78.5 Å². The lowest BCUT2D eigenvalue weighted by atomic mass is 10.1. The molecule has 1 unspecified atom stereocenters. The minimum absolute atomic E-state index is 0. The summed E-state index contributed by atoms with van der Waals surface area (Å²) in [7, 11) is -3.19. The van der Waals surface area contributed by atoms with E-state index in [1.54, 1.807) is 24.3 Å². The molecule has 2 N–H and O–H groups in total. The number of nitrogens with zero attached hydrogens (tertiary/aromatic N) is 1. The zero-order chi connectivity index (χ0) is 14.9. The fourth-order valence-electron chi connectivity index (χ4n) is 2.79. The first-order chi connectivity index (χ1) is 10.1. The maximum atomic E-state index is 12.1. The molecule has 1 aromatic rings. The van der Waals surface area contributed by atoms with Gasteiger partial charge >= 0.3 is 0 Å². The minimum atomic E-state index is -3.19. The quantitative estimate of drug-likeness (QED) is 0.862. The normalized spacial score (nSPS) is 23.1. The van der Waals surface area contributed by atoms with Gasteiger partial charge in [0.25, 0.3) is 0 Å². The average Bonchev–Trinajstić information content (AvgIpc) is 3.08. The summed E-state index contributed by atoms with van der Waals surface area (Å²) >= 11 is 0. The van der Waals surface area contributed by atoms with Crippen LogP contribution in [-0.2, 0) is 14.8 Å². The van der Waals surface area contributed by atoms with Gasteiger partial charge in [-0.1, -0.05) is 6.07 Å². The highest BCUT2D eigenvalue weighted by molar-refractivity contribution is 7.93. The standard InChI is InChI=1S/C14H19N3O3S.ClH/c18-14(11-5-6-15-10-11)16-12-3-1-4-13(9-12)17-7-2-8-21(17,19)20;/h1,3-4,9,11,15H,2,5-8,10H2,(H,16,18);1H. The lowest BCUT2D eigenvalue weighted by Gasteiger charge is -2.18. The summed E-state index contributed by atoms with van der Waals surface area (Å²) in [5.41, 5.74) is 1.27. The van der Waals surface area contributed by atoms with E-state index in [0.29, 0.717) is 30.9 Å². The van der Waals surface area contributed by atoms with E-state index in [1.807, 2.05) is 0 Å². The number of sulfonamides is 1. The van der Waals surface area contributed by atoms with Crippen molar-refractivity contribution in [3.63, 3.8) is 0 Å². The fourth-order valence-corrected chi connectivity index (χ4v) is 4.35. The number of halogens is 1. The van der Waals surface area contributed by atoms with Crippen molar-refractivity contribution in [2.45, 2.75) is 12.8 Å². The summed E-state index contributed by atoms with van der Waals surface area (Å²) in [6, 6.07) is 7.04. The van der Waals surface area contributed by atoms with Gasteiger partial charge in [0.2, 0.25) is 15.9 Å². The predicted octanol–water partition coefficient (Wildman–Crippen LogP) is 1.20. The molecule has 2 aliphatic heterocycles. The molecule has 8 heteroatoms. The van der Waals surface area contributed by atoms with E-state index >= 15 is 0 Å². The Morgan fingerprint density at radius 2 is 2.18 bits per heavy atom. The van der Waals surface area contributed by atoms with E-state index in [4.69, 9.17) is 0 Å². The molecular formula is C14H20ClN3O3S. The lowest BCUT2D eigenvalue weighted by molar-refractivity contribution is -0.119. The molecule has 2 heterocycles. The van der Waals surface area contributed by atoms with Crippen molar-refractivity contribution in [1.29, 1.82) is 0 Å². The molecule has 1 atom stereocenters. The van der Waals surface area contributed by atoms with Crippen LogP contribution in [0.4, 0.5) is 11.4 Å². The van der Waals surface area contributed by atoms with Gasteiger partial charge in [0.1, 0.15) is 0 Å². The summed E-state index contributed by atoms with van der Waals surface area (Å²) in [6.45, 7) is 2.07. The molecule has 0 saturated carbocycles. The van der Waals surface area contributed by atoms with Crippen LogP contribution in [0.2, 0.25) is 0 Å². The summed E-state index contributed by atoms with van der Waals surface area (Å²) in [5.74, 6) is 0.169. The Morgan fingerprint density at radius 1 is 1.36 bits per heavy atom. The van der Waals surface area contributed by atoms with Crippen LogP contribution in [-0.4, -0.2) is 39.7 Å². The first-order valence-corrected chi connectivity index (χ1v) is 8.79. The monoisotopic (exact) mass is 345 g/mol. The maximum absolute atomic E-state index is 12.1. The van der Waals surface area contributed by atoms with E-state index in [2.05, 4.69) is 10.6 Å². The largest absolute Gasteiger partial charge is 0.326 e. The molecule has 0 spiro atoms. The summed E-state index contributed by atoms with van der Waals surface area (Å²) in [6.07, 6.45) is 1.48. The molecule has 0 radical (unpaired) electrons. The number of amides is 1. The molecule has 1 amide bonds. The Bertz CT molecular complexity index is 644. The smallest absolute Gasteiger partial charge is 0.235 e. The highest BCUT2D eigenvalue weighted by atomic mass is 35.5. The Balaban J connectivity index is 0.00000176. The van der Waals surface area contributed by atoms with E-state index in [0.717, 1.165) is 13.0 Å². The highest BCUT2D eigenvalue weighted by Crippen LogP contribution is 2.26. The van der Waals surface area contributed by atoms with Gasteiger partial charge in [-0.3, -0.25) is 9.10 Å². The Hall–Kier alpha value is -1.31. The number of benzene rings is 1. The first kappa shape index (κ1) is 17.1. The van der Waals surface area contributed by atoms with Crippen LogP contribution in [0.15, 0.2) is 24.3 Å². The van der Waals surface area contributed by atoms with Crippen molar-refractivity contribution in [2.24, 2.45) is 5.92 Å². The molecule has 22 heavy (non-hydrogen) atoms. The second-order valence-corrected chi connectivity index (χ2v) is 7.48. The van der Waals surface area contributed by atoms with Crippen molar-refractivity contribution in [3.05, 3.63) is 24.3 Å². The number of hydrogen-bond donors (Lipinski definition) is 2. The van der Waals surface area contributed by atoms with Gasteiger partial charge in [0.15, 0.2) is 0 Å². The van der Waals surface area contributed by atoms with Crippen LogP contribution in [0, 0.1) is 5.92 Å². The predicted molar refractivity (Wildman–Crippen MR) is 89.0 cm³/mol. The maximum Gasteiger partial charge on any atom is 0.235 e. The van der Waals surface area contributed by atoms with Crippen LogP contribution < -0.4 is 14.9 Å². The second kappa shape index (κ2) is 6.85. The van der Waals surface area contributed by atoms with Crippen molar-refractivity contribution in [1.82, 2.24) is 5.32 Å². The molecule has 0 bridgehead atoms. The molecule has 2 fully saturated rings. The van der Waals surface area contributed by atoms with Gasteiger partial charge in [-0.2, -0.15) is 0 Å². The van der Waals surface area contributed by atoms with Crippen molar-refractivity contribution in [2.75, 3.05) is 35.0 Å². The van der Waals surface area contributed by atoms with Crippen LogP contribution in [0.3, 0.4) is 0 Å². The van der Waals surface area contributed by atoms with E-state index in [-0.39, 0.29) is 30.0 Å². The molecule has 0 aromatic heterocycles. The van der Waals surface area contributed by atoms with Gasteiger partial charge in [0, 0.05) is 18.8 Å². The number of nitrogens with one attached hydrogen (secondary N) is 2. The third kappa shape index (κ3) is 3.53. The van der Waals surface area contributed by atoms with Crippen LogP contribution in [0.5, 0.6) is 0 Å². The van der Waals surface area contributed by atoms with Crippen molar-refractivity contribution >= 4 is 39.7 Å². The summed E-state index contributed by atoms with van der Waals surface area (Å²) < 4.78 is 25.3. The van der Waals surface area contributed by atoms with Crippen LogP contribution in [0.1, 0.15) is 12.8 Å². The van der Waals surface area contributed by atoms with E-state index in [9.17, 15) is 13.2 Å². The fraction of sp³-hybridized carbons (Fsp3) is 0.500. The van der Waals surface area contributed by atoms with Gasteiger partial charge in [-0.25, -0.2) is 8.42 Å². The minimum Gasteiger partial charge on any atom is -0.326 e.